The van der Waals surface area contributed by atoms with Gasteiger partial charge in [-0.15, -0.1) is 0 Å². The molecular formula is C22H29N3O2S. The second kappa shape index (κ2) is 10.8. The van der Waals surface area contributed by atoms with E-state index in [1.807, 2.05) is 74.6 Å². The van der Waals surface area contributed by atoms with Crippen molar-refractivity contribution < 1.29 is 9.59 Å². The number of nitrogens with zero attached hydrogens (tertiary/aromatic N) is 1. The van der Waals surface area contributed by atoms with Gasteiger partial charge >= 0.3 is 0 Å². The molecule has 1 atom stereocenters. The van der Waals surface area contributed by atoms with Crippen LogP contribution in [0.25, 0.3) is 0 Å². The van der Waals surface area contributed by atoms with Crippen LogP contribution in [0.5, 0.6) is 0 Å². The summed E-state index contributed by atoms with van der Waals surface area (Å²) in [5, 5.41) is 5.83. The van der Waals surface area contributed by atoms with Crippen LogP contribution < -0.4 is 15.5 Å². The van der Waals surface area contributed by atoms with Crippen LogP contribution in [0.15, 0.2) is 48.5 Å². The molecule has 0 aliphatic heterocycles. The molecule has 28 heavy (non-hydrogen) atoms. The van der Waals surface area contributed by atoms with Crippen molar-refractivity contribution in [3.8, 4) is 0 Å². The highest BCUT2D eigenvalue weighted by Crippen LogP contribution is 2.12. The van der Waals surface area contributed by atoms with Gasteiger partial charge in [-0.3, -0.25) is 9.59 Å². The molecule has 0 aliphatic rings. The first kappa shape index (κ1) is 21.8. The van der Waals surface area contributed by atoms with E-state index in [0.29, 0.717) is 18.5 Å². The number of aryl methyl sites for hydroxylation is 1. The minimum Gasteiger partial charge on any atom is -0.378 e. The summed E-state index contributed by atoms with van der Waals surface area (Å²) in [5.41, 5.74) is 3.71. The van der Waals surface area contributed by atoms with E-state index in [0.717, 1.165) is 22.6 Å². The van der Waals surface area contributed by atoms with Crippen molar-refractivity contribution in [2.24, 2.45) is 0 Å². The average molecular weight is 400 g/mol. The standard InChI is InChI=1S/C22H29N3O2S/c1-16-6-5-7-18(14-16)21(26)24-20(12-13-28-4)22(27)23-15-17-8-10-19(11-9-17)25(2)3/h5-11,14,20H,12-13,15H2,1-4H3,(H,23,27)(H,24,26). The van der Waals surface area contributed by atoms with Gasteiger partial charge in [-0.2, -0.15) is 11.8 Å². The SMILES string of the molecule is CSCCC(NC(=O)c1cccc(C)c1)C(=O)NCc1ccc(N(C)C)cc1. The number of amides is 2. The normalized spacial score (nSPS) is 11.6. The minimum absolute atomic E-state index is 0.160. The first-order chi connectivity index (χ1) is 13.4. The molecule has 0 aliphatic carbocycles. The van der Waals surface area contributed by atoms with Crippen LogP contribution in [0.2, 0.25) is 0 Å². The molecule has 2 aromatic rings. The summed E-state index contributed by atoms with van der Waals surface area (Å²) >= 11 is 1.66. The molecule has 0 fully saturated rings. The first-order valence-corrected chi connectivity index (χ1v) is 10.7. The Bertz CT molecular complexity index is 791. The largest absolute Gasteiger partial charge is 0.378 e. The molecule has 0 heterocycles. The Morgan fingerprint density at radius 1 is 1.11 bits per heavy atom. The Kier molecular flexibility index (Phi) is 8.39. The van der Waals surface area contributed by atoms with Crippen molar-refractivity contribution in [1.29, 1.82) is 0 Å². The van der Waals surface area contributed by atoms with Gasteiger partial charge in [0.05, 0.1) is 0 Å². The monoisotopic (exact) mass is 399 g/mol. The van der Waals surface area contributed by atoms with Gasteiger partial charge in [-0.05, 0) is 55.2 Å². The maximum Gasteiger partial charge on any atom is 0.251 e. The number of hydrogen-bond acceptors (Lipinski definition) is 4. The highest BCUT2D eigenvalue weighted by atomic mass is 32.2. The molecule has 0 saturated carbocycles. The van der Waals surface area contributed by atoms with Crippen LogP contribution in [0, 0.1) is 6.92 Å². The molecule has 0 spiro atoms. The average Bonchev–Trinajstić information content (AvgIpc) is 2.69. The highest BCUT2D eigenvalue weighted by Gasteiger charge is 2.21. The summed E-state index contributed by atoms with van der Waals surface area (Å²) in [7, 11) is 3.98. The number of carbonyl (C=O) groups is 2. The van der Waals surface area contributed by atoms with Gasteiger partial charge in [0.15, 0.2) is 0 Å². The third-order valence-electron chi connectivity index (χ3n) is 4.43. The quantitative estimate of drug-likeness (QED) is 0.680. The van der Waals surface area contributed by atoms with Crippen LogP contribution in [-0.2, 0) is 11.3 Å². The number of thioether (sulfide) groups is 1. The van der Waals surface area contributed by atoms with E-state index in [1.54, 1.807) is 17.8 Å². The van der Waals surface area contributed by atoms with Crippen LogP contribution in [-0.4, -0.2) is 44.0 Å². The Morgan fingerprint density at radius 2 is 1.82 bits per heavy atom. The molecule has 0 aromatic heterocycles. The van der Waals surface area contributed by atoms with Crippen LogP contribution in [0.4, 0.5) is 5.69 Å². The number of benzene rings is 2. The lowest BCUT2D eigenvalue weighted by atomic mass is 10.1. The summed E-state index contributed by atoms with van der Waals surface area (Å²) < 4.78 is 0. The highest BCUT2D eigenvalue weighted by molar-refractivity contribution is 7.98. The summed E-state index contributed by atoms with van der Waals surface area (Å²) in [6.45, 7) is 2.37. The molecule has 5 nitrogen and oxygen atoms in total. The zero-order valence-electron chi connectivity index (χ0n) is 17.0. The zero-order chi connectivity index (χ0) is 20.5. The molecule has 2 aromatic carbocycles. The van der Waals surface area contributed by atoms with Crippen molar-refractivity contribution in [2.45, 2.75) is 25.9 Å². The van der Waals surface area contributed by atoms with Crippen molar-refractivity contribution >= 4 is 29.3 Å². The molecule has 0 saturated heterocycles. The third-order valence-corrected chi connectivity index (χ3v) is 5.08. The van der Waals surface area contributed by atoms with Gasteiger partial charge in [-0.25, -0.2) is 0 Å². The van der Waals surface area contributed by atoms with Gasteiger partial charge in [0.2, 0.25) is 5.91 Å². The molecule has 1 unspecified atom stereocenters. The summed E-state index contributed by atoms with van der Waals surface area (Å²) in [5.74, 6) is 0.413. The van der Waals surface area contributed by atoms with Crippen LogP contribution in [0.3, 0.4) is 0 Å². The van der Waals surface area contributed by atoms with Gasteiger partial charge in [-0.1, -0.05) is 29.8 Å². The molecule has 2 N–H and O–H groups in total. The first-order valence-electron chi connectivity index (χ1n) is 9.31. The maximum absolute atomic E-state index is 12.7. The molecule has 150 valence electrons. The van der Waals surface area contributed by atoms with Gasteiger partial charge in [0.1, 0.15) is 6.04 Å². The smallest absolute Gasteiger partial charge is 0.251 e. The number of anilines is 1. The van der Waals surface area contributed by atoms with Crippen LogP contribution >= 0.6 is 11.8 Å². The van der Waals surface area contributed by atoms with Gasteiger partial charge < -0.3 is 15.5 Å². The molecule has 2 amide bonds. The second-order valence-corrected chi connectivity index (χ2v) is 7.94. The lowest BCUT2D eigenvalue weighted by molar-refractivity contribution is -0.123. The number of rotatable bonds is 9. The fourth-order valence-electron chi connectivity index (χ4n) is 2.76. The Morgan fingerprint density at radius 3 is 2.43 bits per heavy atom. The molecular weight excluding hydrogens is 370 g/mol. The topological polar surface area (TPSA) is 61.4 Å². The van der Waals surface area contributed by atoms with Crippen LogP contribution in [0.1, 0.15) is 27.9 Å². The lowest BCUT2D eigenvalue weighted by Gasteiger charge is -2.19. The van der Waals surface area contributed by atoms with E-state index in [4.69, 9.17) is 0 Å². The zero-order valence-corrected chi connectivity index (χ0v) is 17.8. The molecule has 6 heteroatoms. The van der Waals surface area contributed by atoms with E-state index < -0.39 is 6.04 Å². The predicted molar refractivity (Wildman–Crippen MR) is 118 cm³/mol. The summed E-state index contributed by atoms with van der Waals surface area (Å²) in [4.78, 5) is 27.3. The van der Waals surface area contributed by atoms with Gasteiger partial charge in [0.25, 0.3) is 5.91 Å². The molecule has 2 rings (SSSR count). The van der Waals surface area contributed by atoms with E-state index in [2.05, 4.69) is 10.6 Å². The second-order valence-electron chi connectivity index (χ2n) is 6.96. The fraction of sp³-hybridized carbons (Fsp3) is 0.364. The van der Waals surface area contributed by atoms with Crippen molar-refractivity contribution in [3.05, 3.63) is 65.2 Å². The maximum atomic E-state index is 12.7. The van der Waals surface area contributed by atoms with E-state index in [-0.39, 0.29) is 11.8 Å². The van der Waals surface area contributed by atoms with Gasteiger partial charge in [0, 0.05) is 31.9 Å². The van der Waals surface area contributed by atoms with E-state index >= 15 is 0 Å². The number of carbonyl (C=O) groups excluding carboxylic acids is 2. The minimum atomic E-state index is -0.554. The van der Waals surface area contributed by atoms with Crippen molar-refractivity contribution in [1.82, 2.24) is 10.6 Å². The van der Waals surface area contributed by atoms with Crippen molar-refractivity contribution in [3.63, 3.8) is 0 Å². The molecule has 0 bridgehead atoms. The lowest BCUT2D eigenvalue weighted by Crippen LogP contribution is -2.46. The Labute approximate surface area is 171 Å². The molecule has 0 radical (unpaired) electrons. The predicted octanol–water partition coefficient (Wildman–Crippen LogP) is 3.23. The Hall–Kier alpha value is -2.47. The van der Waals surface area contributed by atoms with E-state index in [9.17, 15) is 9.59 Å². The fourth-order valence-corrected chi connectivity index (χ4v) is 3.23. The summed E-state index contributed by atoms with van der Waals surface area (Å²) in [6.07, 6.45) is 2.58. The number of hydrogen-bond donors (Lipinski definition) is 2. The van der Waals surface area contributed by atoms with Crippen molar-refractivity contribution in [2.75, 3.05) is 31.0 Å². The Balaban J connectivity index is 1.98. The van der Waals surface area contributed by atoms with E-state index in [1.165, 1.54) is 0 Å². The number of nitrogens with one attached hydrogen (secondary N) is 2. The third kappa shape index (κ3) is 6.60. The summed E-state index contributed by atoms with van der Waals surface area (Å²) in [6, 6.07) is 14.9.